The van der Waals surface area contributed by atoms with Crippen LogP contribution in [0.5, 0.6) is 0 Å². The average Bonchev–Trinajstić information content (AvgIpc) is 2.39. The van der Waals surface area contributed by atoms with Crippen LogP contribution in [0.25, 0.3) is 0 Å². The number of hydrogen-bond acceptors (Lipinski definition) is 3. The molecule has 0 radical (unpaired) electrons. The predicted molar refractivity (Wildman–Crippen MR) is 68.2 cm³/mol. The first-order valence-corrected chi connectivity index (χ1v) is 6.23. The smallest absolute Gasteiger partial charge is 0.0991 e. The third-order valence-corrected chi connectivity index (χ3v) is 3.40. The fourth-order valence-electron chi connectivity index (χ4n) is 2.48. The van der Waals surface area contributed by atoms with Crippen LogP contribution in [0.4, 0.5) is 0 Å². The topological polar surface area (TPSA) is 53.0 Å². The van der Waals surface area contributed by atoms with Gasteiger partial charge in [0.15, 0.2) is 0 Å². The van der Waals surface area contributed by atoms with E-state index < -0.39 is 0 Å². The van der Waals surface area contributed by atoms with Gasteiger partial charge >= 0.3 is 0 Å². The van der Waals surface area contributed by atoms with Crippen molar-refractivity contribution in [1.82, 2.24) is 4.90 Å². The van der Waals surface area contributed by atoms with Crippen LogP contribution in [0.15, 0.2) is 24.3 Å². The maximum atomic E-state index is 8.87. The fraction of sp³-hybridized carbons (Fsp3) is 0.500. The Bertz CT molecular complexity index is 408. The Morgan fingerprint density at radius 2 is 2.35 bits per heavy atom. The summed E-state index contributed by atoms with van der Waals surface area (Å²) >= 11 is 0. The first-order chi connectivity index (χ1) is 8.31. The van der Waals surface area contributed by atoms with Crippen LogP contribution >= 0.6 is 0 Å². The molecule has 0 aliphatic carbocycles. The highest BCUT2D eigenvalue weighted by molar-refractivity contribution is 5.32. The van der Waals surface area contributed by atoms with E-state index in [4.69, 9.17) is 11.0 Å². The molecule has 0 spiro atoms. The second kappa shape index (κ2) is 5.81. The fourth-order valence-corrected chi connectivity index (χ4v) is 2.48. The molecule has 1 aromatic rings. The molecule has 2 N–H and O–H groups in total. The number of nitriles is 1. The first-order valence-electron chi connectivity index (χ1n) is 6.23. The molecule has 1 heterocycles. The van der Waals surface area contributed by atoms with Crippen LogP contribution in [0.3, 0.4) is 0 Å². The minimum atomic E-state index is 0.642. The summed E-state index contributed by atoms with van der Waals surface area (Å²) in [5.41, 5.74) is 7.70. The van der Waals surface area contributed by atoms with Gasteiger partial charge in [0.1, 0.15) is 0 Å². The molecule has 1 aliphatic rings. The van der Waals surface area contributed by atoms with Crippen LogP contribution < -0.4 is 5.73 Å². The zero-order valence-electron chi connectivity index (χ0n) is 10.1. The molecule has 1 fully saturated rings. The van der Waals surface area contributed by atoms with Crippen LogP contribution in [0.1, 0.15) is 24.0 Å². The summed E-state index contributed by atoms with van der Waals surface area (Å²) < 4.78 is 0. The van der Waals surface area contributed by atoms with Gasteiger partial charge in [-0.1, -0.05) is 12.1 Å². The van der Waals surface area contributed by atoms with E-state index in [9.17, 15) is 0 Å². The highest BCUT2D eigenvalue weighted by Crippen LogP contribution is 2.17. The molecule has 1 aliphatic heterocycles. The lowest BCUT2D eigenvalue weighted by Crippen LogP contribution is -2.37. The highest BCUT2D eigenvalue weighted by atomic mass is 15.1. The van der Waals surface area contributed by atoms with Gasteiger partial charge in [0.2, 0.25) is 0 Å². The Labute approximate surface area is 103 Å². The van der Waals surface area contributed by atoms with E-state index in [0.29, 0.717) is 5.92 Å². The van der Waals surface area contributed by atoms with E-state index in [-0.39, 0.29) is 0 Å². The Balaban J connectivity index is 1.98. The van der Waals surface area contributed by atoms with Crippen LogP contribution in [-0.2, 0) is 6.54 Å². The Morgan fingerprint density at radius 3 is 3.12 bits per heavy atom. The number of rotatable bonds is 3. The van der Waals surface area contributed by atoms with Crippen LogP contribution in [-0.4, -0.2) is 24.5 Å². The number of nitrogens with zero attached hydrogens (tertiary/aromatic N) is 2. The highest BCUT2D eigenvalue weighted by Gasteiger charge is 2.18. The zero-order valence-corrected chi connectivity index (χ0v) is 10.1. The molecule has 1 atom stereocenters. The SMILES string of the molecule is N#Cc1cccc(CN2CCCC(CN)C2)c1. The molecule has 17 heavy (non-hydrogen) atoms. The van der Waals surface area contributed by atoms with Crippen molar-refractivity contribution in [3.63, 3.8) is 0 Å². The molecule has 1 unspecified atom stereocenters. The molecule has 3 heteroatoms. The zero-order chi connectivity index (χ0) is 12.1. The van der Waals surface area contributed by atoms with E-state index in [1.165, 1.54) is 18.4 Å². The van der Waals surface area contributed by atoms with Gasteiger partial charge < -0.3 is 5.73 Å². The molecule has 90 valence electrons. The Kier molecular flexibility index (Phi) is 4.13. The summed E-state index contributed by atoms with van der Waals surface area (Å²) in [4.78, 5) is 2.44. The molecule has 2 rings (SSSR count). The lowest BCUT2D eigenvalue weighted by Gasteiger charge is -2.32. The Morgan fingerprint density at radius 1 is 1.47 bits per heavy atom. The van der Waals surface area contributed by atoms with Crippen LogP contribution in [0, 0.1) is 17.2 Å². The van der Waals surface area contributed by atoms with Gasteiger partial charge in [-0.15, -0.1) is 0 Å². The van der Waals surface area contributed by atoms with E-state index in [2.05, 4.69) is 17.0 Å². The summed E-state index contributed by atoms with van der Waals surface area (Å²) in [7, 11) is 0. The number of benzene rings is 1. The van der Waals surface area contributed by atoms with Crippen molar-refractivity contribution in [2.75, 3.05) is 19.6 Å². The van der Waals surface area contributed by atoms with Gasteiger partial charge in [0.25, 0.3) is 0 Å². The van der Waals surface area contributed by atoms with Gasteiger partial charge in [0.05, 0.1) is 11.6 Å². The molecule has 0 saturated carbocycles. The Hall–Kier alpha value is -1.37. The molecule has 0 amide bonds. The molecule has 1 saturated heterocycles. The molecular formula is C14H19N3. The van der Waals surface area contributed by atoms with Crippen LogP contribution in [0.2, 0.25) is 0 Å². The van der Waals surface area contributed by atoms with Gasteiger partial charge in [-0.2, -0.15) is 5.26 Å². The molecular weight excluding hydrogens is 210 g/mol. The predicted octanol–water partition coefficient (Wildman–Crippen LogP) is 1.73. The molecule has 0 aromatic heterocycles. The van der Waals surface area contributed by atoms with Crippen molar-refractivity contribution in [2.24, 2.45) is 11.7 Å². The molecule has 3 nitrogen and oxygen atoms in total. The number of piperidine rings is 1. The quantitative estimate of drug-likeness (QED) is 0.858. The lowest BCUT2D eigenvalue weighted by atomic mass is 9.98. The summed E-state index contributed by atoms with van der Waals surface area (Å²) in [6.45, 7) is 3.96. The second-order valence-corrected chi connectivity index (χ2v) is 4.79. The monoisotopic (exact) mass is 229 g/mol. The minimum Gasteiger partial charge on any atom is -0.330 e. The van der Waals surface area contributed by atoms with E-state index in [1.807, 2.05) is 18.2 Å². The third kappa shape index (κ3) is 3.29. The first kappa shape index (κ1) is 12.1. The maximum Gasteiger partial charge on any atom is 0.0991 e. The van der Waals surface area contributed by atoms with Gasteiger partial charge in [-0.3, -0.25) is 4.90 Å². The summed E-state index contributed by atoms with van der Waals surface area (Å²) in [5.74, 6) is 0.642. The average molecular weight is 229 g/mol. The van der Waals surface area contributed by atoms with Gasteiger partial charge in [-0.25, -0.2) is 0 Å². The van der Waals surface area contributed by atoms with Crippen molar-refractivity contribution < 1.29 is 0 Å². The third-order valence-electron chi connectivity index (χ3n) is 3.40. The van der Waals surface area contributed by atoms with Crippen molar-refractivity contribution in [1.29, 1.82) is 5.26 Å². The maximum absolute atomic E-state index is 8.87. The molecule has 1 aromatic carbocycles. The number of nitrogens with two attached hydrogens (primary N) is 1. The van der Waals surface area contributed by atoms with Crippen molar-refractivity contribution >= 4 is 0 Å². The van der Waals surface area contributed by atoms with Gasteiger partial charge in [-0.05, 0) is 49.5 Å². The van der Waals surface area contributed by atoms with E-state index in [1.54, 1.807) is 0 Å². The number of hydrogen-bond donors (Lipinski definition) is 1. The largest absolute Gasteiger partial charge is 0.330 e. The van der Waals surface area contributed by atoms with E-state index >= 15 is 0 Å². The summed E-state index contributed by atoms with van der Waals surface area (Å²) in [6, 6.07) is 10.1. The van der Waals surface area contributed by atoms with Crippen molar-refractivity contribution in [3.8, 4) is 6.07 Å². The second-order valence-electron chi connectivity index (χ2n) is 4.79. The van der Waals surface area contributed by atoms with E-state index in [0.717, 1.165) is 31.7 Å². The minimum absolute atomic E-state index is 0.642. The lowest BCUT2D eigenvalue weighted by molar-refractivity contribution is 0.171. The summed E-state index contributed by atoms with van der Waals surface area (Å²) in [6.07, 6.45) is 2.49. The number of likely N-dealkylation sites (tertiary alicyclic amines) is 1. The van der Waals surface area contributed by atoms with Crippen molar-refractivity contribution in [3.05, 3.63) is 35.4 Å². The van der Waals surface area contributed by atoms with Gasteiger partial charge in [0, 0.05) is 13.1 Å². The summed E-state index contributed by atoms with van der Waals surface area (Å²) in [5, 5.41) is 8.87. The van der Waals surface area contributed by atoms with Crippen molar-refractivity contribution in [2.45, 2.75) is 19.4 Å². The standard InChI is InChI=1S/C14H19N3/c15-8-12-3-1-4-13(7-12)10-17-6-2-5-14(9-16)11-17/h1,3-4,7,14H,2,5-6,9-11,16H2. The normalized spacial score (nSPS) is 21.1. The molecule has 0 bridgehead atoms.